The summed E-state index contributed by atoms with van der Waals surface area (Å²) in [5.41, 5.74) is 6.81. The van der Waals surface area contributed by atoms with Crippen molar-refractivity contribution in [3.05, 3.63) is 24.8 Å². The molecule has 0 aliphatic carbocycles. The van der Waals surface area contributed by atoms with E-state index in [4.69, 9.17) is 5.73 Å². The summed E-state index contributed by atoms with van der Waals surface area (Å²) in [5.74, 6) is -0.346. The fourth-order valence-electron chi connectivity index (χ4n) is 0.858. The molecule has 1 aromatic rings. The van der Waals surface area contributed by atoms with Gasteiger partial charge in [-0.1, -0.05) is 0 Å². The number of benzene rings is 1. The Morgan fingerprint density at radius 3 is 2.62 bits per heavy atom. The van der Waals surface area contributed by atoms with Gasteiger partial charge in [0.15, 0.2) is 0 Å². The quantitative estimate of drug-likeness (QED) is 0.445. The third kappa shape index (κ3) is 2.25. The van der Waals surface area contributed by atoms with Gasteiger partial charge in [-0.3, -0.25) is 0 Å². The first kappa shape index (κ1) is 11.0. The normalized spacial score (nSPS) is 9.77. The lowest BCUT2D eigenvalue weighted by Gasteiger charge is -2.06. The number of halogens is 2. The molecule has 5 heteroatoms. The average Bonchev–Trinajstić information content (AvgIpc) is 2.12. The predicted molar refractivity (Wildman–Crippen MR) is 67.6 cm³/mol. The second-order valence-corrected chi connectivity index (χ2v) is 4.56. The van der Waals surface area contributed by atoms with Crippen LogP contribution in [-0.4, -0.2) is 13.1 Å². The summed E-state index contributed by atoms with van der Waals surface area (Å²) in [7, 11) is 1.36. The summed E-state index contributed by atoms with van der Waals surface area (Å²) in [5, 5.41) is 0. The van der Waals surface area contributed by atoms with Gasteiger partial charge < -0.3 is 10.5 Å². The Hall–Kier alpha value is -0.0500. The number of carbonyl (C=O) groups is 1. The lowest BCUT2D eigenvalue weighted by molar-refractivity contribution is 0.0598. The zero-order valence-electron chi connectivity index (χ0n) is 6.80. The Bertz CT molecular complexity index is 352. The van der Waals surface area contributed by atoms with Gasteiger partial charge in [0.2, 0.25) is 0 Å². The van der Waals surface area contributed by atoms with Crippen LogP contribution in [0.4, 0.5) is 5.69 Å². The topological polar surface area (TPSA) is 52.3 Å². The maximum absolute atomic E-state index is 11.3. The summed E-state index contributed by atoms with van der Waals surface area (Å²) in [6, 6.07) is 3.57. The van der Waals surface area contributed by atoms with Crippen LogP contribution in [0, 0.1) is 7.14 Å². The van der Waals surface area contributed by atoms with Crippen LogP contribution in [0.1, 0.15) is 10.4 Å². The second-order valence-electron chi connectivity index (χ2n) is 2.32. The van der Waals surface area contributed by atoms with Crippen LogP contribution in [0.5, 0.6) is 0 Å². The largest absolute Gasteiger partial charge is 0.465 e. The lowest BCUT2D eigenvalue weighted by atomic mass is 10.2. The zero-order chi connectivity index (χ0) is 10.0. The number of rotatable bonds is 1. The maximum Gasteiger partial charge on any atom is 0.340 e. The van der Waals surface area contributed by atoms with Crippen LogP contribution in [0.3, 0.4) is 0 Å². The minimum absolute atomic E-state index is 0.346. The Kier molecular flexibility index (Phi) is 3.77. The van der Waals surface area contributed by atoms with Gasteiger partial charge in [-0.05, 0) is 57.3 Å². The average molecular weight is 403 g/mol. The fraction of sp³-hybridized carbons (Fsp3) is 0.125. The van der Waals surface area contributed by atoms with E-state index < -0.39 is 0 Å². The second kappa shape index (κ2) is 4.45. The van der Waals surface area contributed by atoms with Crippen LogP contribution in [0.2, 0.25) is 0 Å². The first-order valence-electron chi connectivity index (χ1n) is 3.39. The van der Waals surface area contributed by atoms with E-state index in [2.05, 4.69) is 27.3 Å². The van der Waals surface area contributed by atoms with E-state index in [1.165, 1.54) is 7.11 Å². The van der Waals surface area contributed by atoms with Crippen LogP contribution >= 0.6 is 45.2 Å². The van der Waals surface area contributed by atoms with Gasteiger partial charge in [0.05, 0.1) is 16.2 Å². The molecule has 0 fully saturated rings. The highest BCUT2D eigenvalue weighted by molar-refractivity contribution is 14.1. The Morgan fingerprint density at radius 1 is 1.46 bits per heavy atom. The van der Waals surface area contributed by atoms with E-state index >= 15 is 0 Å². The maximum atomic E-state index is 11.3. The van der Waals surface area contributed by atoms with Crippen LogP contribution in [0.25, 0.3) is 0 Å². The standard InChI is InChI=1S/C8H7I2NO2/c1-13-8(12)6-4(9)2-3-5(11)7(6)10/h2-3H,11H2,1H3. The van der Waals surface area contributed by atoms with Gasteiger partial charge in [0, 0.05) is 9.26 Å². The molecule has 13 heavy (non-hydrogen) atoms. The molecule has 3 nitrogen and oxygen atoms in total. The molecule has 0 spiro atoms. The first-order valence-corrected chi connectivity index (χ1v) is 5.55. The molecule has 0 aromatic heterocycles. The minimum atomic E-state index is -0.346. The third-order valence-electron chi connectivity index (χ3n) is 1.51. The van der Waals surface area contributed by atoms with Gasteiger partial charge in [0.1, 0.15) is 0 Å². The summed E-state index contributed by atoms with van der Waals surface area (Å²) in [4.78, 5) is 11.3. The number of ether oxygens (including phenoxy) is 1. The number of anilines is 1. The summed E-state index contributed by atoms with van der Waals surface area (Å²) in [6.45, 7) is 0. The summed E-state index contributed by atoms with van der Waals surface area (Å²) >= 11 is 4.12. The van der Waals surface area contributed by atoms with E-state index in [1.807, 2.05) is 22.6 Å². The Labute approximate surface area is 103 Å². The third-order valence-corrected chi connectivity index (χ3v) is 3.57. The molecular weight excluding hydrogens is 396 g/mol. The van der Waals surface area contributed by atoms with Crippen molar-refractivity contribution in [2.24, 2.45) is 0 Å². The molecule has 0 bridgehead atoms. The molecule has 0 atom stereocenters. The number of esters is 1. The number of nitrogens with two attached hydrogens (primary N) is 1. The van der Waals surface area contributed by atoms with E-state index in [-0.39, 0.29) is 5.97 Å². The van der Waals surface area contributed by atoms with Gasteiger partial charge in [0.25, 0.3) is 0 Å². The predicted octanol–water partition coefficient (Wildman–Crippen LogP) is 2.26. The minimum Gasteiger partial charge on any atom is -0.465 e. The van der Waals surface area contributed by atoms with Crippen molar-refractivity contribution in [2.45, 2.75) is 0 Å². The van der Waals surface area contributed by atoms with E-state index in [1.54, 1.807) is 12.1 Å². The highest BCUT2D eigenvalue weighted by Gasteiger charge is 2.15. The number of nitrogen functional groups attached to an aromatic ring is 1. The molecule has 2 N–H and O–H groups in total. The molecule has 70 valence electrons. The van der Waals surface area contributed by atoms with Crippen molar-refractivity contribution >= 4 is 56.8 Å². The molecule has 0 saturated carbocycles. The van der Waals surface area contributed by atoms with E-state index in [9.17, 15) is 4.79 Å². The van der Waals surface area contributed by atoms with Crippen molar-refractivity contribution in [3.63, 3.8) is 0 Å². The number of hydrogen-bond acceptors (Lipinski definition) is 3. The summed E-state index contributed by atoms with van der Waals surface area (Å²) < 4.78 is 6.25. The highest BCUT2D eigenvalue weighted by atomic mass is 127. The molecular formula is C8H7I2NO2. The Balaban J connectivity index is 3.33. The SMILES string of the molecule is COC(=O)c1c(I)ccc(N)c1I. The molecule has 0 saturated heterocycles. The summed E-state index contributed by atoms with van der Waals surface area (Å²) in [6.07, 6.45) is 0. The van der Waals surface area contributed by atoms with E-state index in [0.717, 1.165) is 7.14 Å². The number of methoxy groups -OCH3 is 1. The van der Waals surface area contributed by atoms with Gasteiger partial charge in [-0.2, -0.15) is 0 Å². The van der Waals surface area contributed by atoms with Crippen molar-refractivity contribution in [3.8, 4) is 0 Å². The van der Waals surface area contributed by atoms with Gasteiger partial charge in [-0.15, -0.1) is 0 Å². The molecule has 0 aliphatic rings. The van der Waals surface area contributed by atoms with Crippen LogP contribution in [-0.2, 0) is 4.74 Å². The smallest absolute Gasteiger partial charge is 0.340 e. The van der Waals surface area contributed by atoms with Gasteiger partial charge >= 0.3 is 5.97 Å². The molecule has 1 rings (SSSR count). The lowest BCUT2D eigenvalue weighted by Crippen LogP contribution is -2.08. The zero-order valence-corrected chi connectivity index (χ0v) is 11.1. The number of carbonyl (C=O) groups excluding carboxylic acids is 1. The van der Waals surface area contributed by atoms with Crippen molar-refractivity contribution in [1.29, 1.82) is 0 Å². The van der Waals surface area contributed by atoms with Crippen LogP contribution < -0.4 is 5.73 Å². The van der Waals surface area contributed by atoms with Crippen LogP contribution in [0.15, 0.2) is 12.1 Å². The fourth-order valence-corrected chi connectivity index (χ4v) is 2.73. The molecule has 1 aromatic carbocycles. The first-order chi connectivity index (χ1) is 6.07. The number of hydrogen-bond donors (Lipinski definition) is 1. The Morgan fingerprint density at radius 2 is 2.08 bits per heavy atom. The molecule has 0 amide bonds. The van der Waals surface area contributed by atoms with Gasteiger partial charge in [-0.25, -0.2) is 4.79 Å². The molecule has 0 unspecified atom stereocenters. The molecule has 0 heterocycles. The monoisotopic (exact) mass is 403 g/mol. The highest BCUT2D eigenvalue weighted by Crippen LogP contribution is 2.24. The van der Waals surface area contributed by atoms with Crippen molar-refractivity contribution in [2.75, 3.05) is 12.8 Å². The van der Waals surface area contributed by atoms with E-state index in [0.29, 0.717) is 11.3 Å². The van der Waals surface area contributed by atoms with Crippen molar-refractivity contribution in [1.82, 2.24) is 0 Å². The van der Waals surface area contributed by atoms with Crippen molar-refractivity contribution < 1.29 is 9.53 Å². The molecule has 0 radical (unpaired) electrons. The molecule has 0 aliphatic heterocycles.